The number of hydrogen-bond acceptors (Lipinski definition) is 14. The fourth-order valence-electron chi connectivity index (χ4n) is 2.57. The maximum atomic E-state index is 12.3. The maximum Gasteiger partial charge on any atom is 0.511 e. The molecule has 0 bridgehead atoms. The zero-order valence-corrected chi connectivity index (χ0v) is 23.5. The molecule has 0 aromatic heterocycles. The molecule has 4 atom stereocenters. The average Bonchev–Trinajstić information content (AvgIpc) is 3.74. The third kappa shape index (κ3) is 15.6. The van der Waals surface area contributed by atoms with Crippen molar-refractivity contribution >= 4 is 24.6 Å². The van der Waals surface area contributed by atoms with Crippen molar-refractivity contribution in [2.24, 2.45) is 0 Å². The molecule has 0 aliphatic carbocycles. The first kappa shape index (κ1) is 41.3. The molecule has 4 fully saturated rings. The van der Waals surface area contributed by atoms with Crippen LogP contribution in [0.4, 0.5) is 67.5 Å². The van der Waals surface area contributed by atoms with Gasteiger partial charge in [-0.25, -0.2) is 19.2 Å². The van der Waals surface area contributed by atoms with Crippen molar-refractivity contribution in [1.82, 2.24) is 0 Å². The number of alkyl halides is 11. The maximum absolute atomic E-state index is 12.3. The highest BCUT2D eigenvalue weighted by Crippen LogP contribution is 2.36. The molecule has 0 radical (unpaired) electrons. The van der Waals surface area contributed by atoms with Crippen molar-refractivity contribution in [3.05, 3.63) is 0 Å². The van der Waals surface area contributed by atoms with Crippen LogP contribution in [0.1, 0.15) is 13.3 Å². The van der Waals surface area contributed by atoms with Gasteiger partial charge < -0.3 is 47.4 Å². The van der Waals surface area contributed by atoms with E-state index in [0.717, 1.165) is 6.42 Å². The van der Waals surface area contributed by atoms with Gasteiger partial charge in [0.25, 0.3) is 6.36 Å². The lowest BCUT2D eigenvalue weighted by Gasteiger charge is -2.19. The molecule has 0 aromatic rings. The molecule has 4 rings (SSSR count). The fraction of sp³-hybridized carbons (Fsp3) is 0.818. The normalized spacial score (nSPS) is 23.8. The number of hydrogen-bond donors (Lipinski definition) is 0. The van der Waals surface area contributed by atoms with Crippen LogP contribution in [-0.4, -0.2) is 126 Å². The number of carbonyl (C=O) groups excluding carboxylic acids is 4. The standard InChI is InChI=1S/2C7H7F5O4.C5H8O3.C3H3FO3/c2*8-6(9,7(10,11)12)3-14-1-4-2-15-5(13)16-4;1-2-4-3-7-5(6)8-4;4-2-1-6-3(5)7-2/h2*4H,1-3H2;4H,2-3H2,1H3;2H,1H2. The molecule has 0 spiro atoms. The van der Waals surface area contributed by atoms with Crippen LogP contribution in [0.15, 0.2) is 0 Å². The predicted molar refractivity (Wildman–Crippen MR) is 120 cm³/mol. The molecule has 4 aliphatic heterocycles. The molecular weight excluding hydrogens is 697 g/mol. The van der Waals surface area contributed by atoms with Gasteiger partial charge in [0.2, 0.25) is 0 Å². The average molecular weight is 722 g/mol. The summed E-state index contributed by atoms with van der Waals surface area (Å²) in [5, 5.41) is 0. The third-order valence-corrected chi connectivity index (χ3v) is 4.97. The molecule has 47 heavy (non-hydrogen) atoms. The van der Waals surface area contributed by atoms with Gasteiger partial charge in [0.15, 0.2) is 18.8 Å². The second-order valence-corrected chi connectivity index (χ2v) is 8.83. The summed E-state index contributed by atoms with van der Waals surface area (Å²) in [4.78, 5) is 40.6. The Kier molecular flexibility index (Phi) is 15.8. The summed E-state index contributed by atoms with van der Waals surface area (Å²) in [5.74, 6) is -9.84. The quantitative estimate of drug-likeness (QED) is 0.180. The van der Waals surface area contributed by atoms with Crippen LogP contribution in [0, 0.1) is 0 Å². The molecule has 25 heteroatoms. The van der Waals surface area contributed by atoms with E-state index in [9.17, 15) is 67.5 Å². The van der Waals surface area contributed by atoms with E-state index in [0.29, 0.717) is 6.61 Å². The smallest absolute Gasteiger partial charge is 0.430 e. The van der Waals surface area contributed by atoms with E-state index in [2.05, 4.69) is 47.4 Å². The van der Waals surface area contributed by atoms with Gasteiger partial charge in [-0.1, -0.05) is 6.92 Å². The minimum Gasteiger partial charge on any atom is -0.430 e. The second-order valence-electron chi connectivity index (χ2n) is 8.83. The van der Waals surface area contributed by atoms with Crippen molar-refractivity contribution in [3.63, 3.8) is 0 Å². The summed E-state index contributed by atoms with van der Waals surface area (Å²) in [6.07, 6.45) is -17.4. The first-order valence-corrected chi connectivity index (χ1v) is 12.6. The number of halogens is 11. The van der Waals surface area contributed by atoms with Gasteiger partial charge in [-0.05, 0) is 6.42 Å². The highest BCUT2D eigenvalue weighted by Gasteiger charge is 2.58. The minimum absolute atomic E-state index is 0.00231. The number of cyclic esters (lactones) is 8. The third-order valence-electron chi connectivity index (χ3n) is 4.97. The molecule has 0 amide bonds. The van der Waals surface area contributed by atoms with Gasteiger partial charge in [-0.15, -0.1) is 0 Å². The van der Waals surface area contributed by atoms with Gasteiger partial charge in [-0.2, -0.15) is 48.3 Å². The van der Waals surface area contributed by atoms with E-state index in [4.69, 9.17) is 0 Å². The highest BCUT2D eigenvalue weighted by atomic mass is 19.4. The van der Waals surface area contributed by atoms with Crippen molar-refractivity contribution in [3.8, 4) is 0 Å². The summed E-state index contributed by atoms with van der Waals surface area (Å²) in [7, 11) is 0. The Labute approximate surface area is 255 Å². The van der Waals surface area contributed by atoms with Crippen LogP contribution < -0.4 is 0 Å². The largest absolute Gasteiger partial charge is 0.511 e. The van der Waals surface area contributed by atoms with Crippen molar-refractivity contribution in [2.75, 3.05) is 52.9 Å². The van der Waals surface area contributed by atoms with Crippen LogP contribution in [0.3, 0.4) is 0 Å². The molecule has 0 saturated carbocycles. The fourth-order valence-corrected chi connectivity index (χ4v) is 2.57. The Hall–Kier alpha value is -3.77. The molecule has 0 aromatic carbocycles. The van der Waals surface area contributed by atoms with Crippen LogP contribution in [0.2, 0.25) is 0 Å². The molecule has 4 unspecified atom stereocenters. The monoisotopic (exact) mass is 722 g/mol. The lowest BCUT2D eigenvalue weighted by atomic mass is 10.3. The Morgan fingerprint density at radius 1 is 0.553 bits per heavy atom. The van der Waals surface area contributed by atoms with E-state index in [-0.39, 0.29) is 25.9 Å². The van der Waals surface area contributed by atoms with E-state index < -0.39 is 93.8 Å². The SMILES string of the molecule is CCC1COC(=O)O1.O=C1OCC(COCC(F)(F)C(F)(F)F)O1.O=C1OCC(COCC(F)(F)C(F)(F)F)O1.O=C1OCC(F)O1. The summed E-state index contributed by atoms with van der Waals surface area (Å²) < 4.78 is 173. The van der Waals surface area contributed by atoms with Gasteiger partial charge in [0.1, 0.15) is 39.1 Å². The zero-order chi connectivity index (χ0) is 36.1. The summed E-state index contributed by atoms with van der Waals surface area (Å²) >= 11 is 0. The Morgan fingerprint density at radius 3 is 1.06 bits per heavy atom. The second kappa shape index (κ2) is 18.0. The Balaban J connectivity index is 0.000000332. The predicted octanol–water partition coefficient (Wildman–Crippen LogP) is 4.85. The topological polar surface area (TPSA) is 161 Å². The van der Waals surface area contributed by atoms with Gasteiger partial charge in [0.05, 0.1) is 13.2 Å². The molecule has 4 saturated heterocycles. The van der Waals surface area contributed by atoms with Gasteiger partial charge in [0, 0.05) is 0 Å². The number of ether oxygens (including phenoxy) is 10. The summed E-state index contributed by atoms with van der Waals surface area (Å²) in [5.41, 5.74) is 0. The van der Waals surface area contributed by atoms with Crippen LogP contribution in [-0.2, 0) is 47.4 Å². The lowest BCUT2D eigenvalue weighted by Crippen LogP contribution is -2.41. The number of carbonyl (C=O) groups is 4. The van der Waals surface area contributed by atoms with E-state index in [1.165, 1.54) is 0 Å². The molecule has 274 valence electrons. The van der Waals surface area contributed by atoms with Crippen molar-refractivity contribution in [2.45, 2.75) is 62.2 Å². The summed E-state index contributed by atoms with van der Waals surface area (Å²) in [6.45, 7) is -3.11. The van der Waals surface area contributed by atoms with Crippen molar-refractivity contribution in [1.29, 1.82) is 0 Å². The minimum atomic E-state index is -5.66. The van der Waals surface area contributed by atoms with E-state index in [1.54, 1.807) is 0 Å². The highest BCUT2D eigenvalue weighted by molar-refractivity contribution is 5.62. The number of rotatable bonds is 9. The van der Waals surface area contributed by atoms with Crippen molar-refractivity contribution < 1.29 is 115 Å². The molecule has 0 N–H and O–H groups in total. The first-order valence-electron chi connectivity index (χ1n) is 12.6. The molecule has 14 nitrogen and oxygen atoms in total. The van der Waals surface area contributed by atoms with Crippen LogP contribution in [0.25, 0.3) is 0 Å². The molecular formula is C22H25F11O14. The zero-order valence-electron chi connectivity index (χ0n) is 23.5. The van der Waals surface area contributed by atoms with Crippen LogP contribution in [0.5, 0.6) is 0 Å². The van der Waals surface area contributed by atoms with Crippen LogP contribution >= 0.6 is 0 Å². The molecule has 4 heterocycles. The molecule has 4 aliphatic rings. The Bertz CT molecular complexity index is 971. The Morgan fingerprint density at radius 2 is 0.872 bits per heavy atom. The van der Waals surface area contributed by atoms with Gasteiger partial charge in [-0.3, -0.25) is 0 Å². The first-order chi connectivity index (χ1) is 21.6. The van der Waals surface area contributed by atoms with E-state index in [1.807, 2.05) is 6.92 Å². The summed E-state index contributed by atoms with van der Waals surface area (Å²) in [6, 6.07) is 0. The van der Waals surface area contributed by atoms with Gasteiger partial charge >= 0.3 is 48.8 Å². The lowest BCUT2D eigenvalue weighted by molar-refractivity contribution is -0.297. The van der Waals surface area contributed by atoms with E-state index >= 15 is 0 Å².